The van der Waals surface area contributed by atoms with Gasteiger partial charge in [-0.15, -0.1) is 0 Å². The second kappa shape index (κ2) is 6.49. The standard InChI is InChI=1S/C13H8Cl4N2/c14-8-1-9(15)4-12(3-8)18-7-19-13-5-10(16)2-11(17)6-13/h1-7H,(H,18,19). The van der Waals surface area contributed by atoms with Gasteiger partial charge in [0.1, 0.15) is 0 Å². The second-order valence-corrected chi connectivity index (χ2v) is 5.43. The van der Waals surface area contributed by atoms with E-state index in [4.69, 9.17) is 46.4 Å². The Morgan fingerprint density at radius 3 is 1.74 bits per heavy atom. The lowest BCUT2D eigenvalue weighted by Crippen LogP contribution is -1.93. The van der Waals surface area contributed by atoms with Gasteiger partial charge in [-0.25, -0.2) is 4.99 Å². The largest absolute Gasteiger partial charge is 0.346 e. The summed E-state index contributed by atoms with van der Waals surface area (Å²) in [5, 5.41) is 5.13. The van der Waals surface area contributed by atoms with Crippen LogP contribution in [0.4, 0.5) is 11.4 Å². The van der Waals surface area contributed by atoms with Crippen LogP contribution in [-0.4, -0.2) is 6.34 Å². The van der Waals surface area contributed by atoms with E-state index in [1.807, 2.05) is 0 Å². The average molecular weight is 334 g/mol. The van der Waals surface area contributed by atoms with Gasteiger partial charge in [0.25, 0.3) is 0 Å². The highest BCUT2D eigenvalue weighted by molar-refractivity contribution is 6.35. The molecular weight excluding hydrogens is 326 g/mol. The first-order chi connectivity index (χ1) is 9.02. The third-order valence-corrected chi connectivity index (χ3v) is 3.03. The first-order valence-electron chi connectivity index (χ1n) is 5.24. The predicted molar refractivity (Wildman–Crippen MR) is 84.7 cm³/mol. The number of rotatable bonds is 3. The molecule has 19 heavy (non-hydrogen) atoms. The van der Waals surface area contributed by atoms with Gasteiger partial charge in [0.2, 0.25) is 0 Å². The topological polar surface area (TPSA) is 24.4 Å². The zero-order valence-electron chi connectivity index (χ0n) is 9.50. The van der Waals surface area contributed by atoms with E-state index in [1.54, 1.807) is 36.4 Å². The molecule has 0 bridgehead atoms. The van der Waals surface area contributed by atoms with Crippen molar-refractivity contribution in [2.75, 3.05) is 5.32 Å². The Morgan fingerprint density at radius 2 is 1.21 bits per heavy atom. The van der Waals surface area contributed by atoms with E-state index in [0.29, 0.717) is 25.8 Å². The maximum Gasteiger partial charge on any atom is 0.0930 e. The maximum atomic E-state index is 5.88. The fourth-order valence-electron chi connectivity index (χ4n) is 1.43. The van der Waals surface area contributed by atoms with Gasteiger partial charge >= 0.3 is 0 Å². The molecule has 2 nitrogen and oxygen atoms in total. The molecular formula is C13H8Cl4N2. The zero-order valence-corrected chi connectivity index (χ0v) is 12.5. The smallest absolute Gasteiger partial charge is 0.0930 e. The maximum absolute atomic E-state index is 5.88. The van der Waals surface area contributed by atoms with Crippen molar-refractivity contribution in [1.29, 1.82) is 0 Å². The Hall–Kier alpha value is -0.930. The first-order valence-corrected chi connectivity index (χ1v) is 6.75. The van der Waals surface area contributed by atoms with Crippen LogP contribution < -0.4 is 5.32 Å². The minimum absolute atomic E-state index is 0.533. The summed E-state index contributed by atoms with van der Waals surface area (Å²) in [6, 6.07) is 10.2. The van der Waals surface area contributed by atoms with Crippen molar-refractivity contribution < 1.29 is 0 Å². The fourth-order valence-corrected chi connectivity index (χ4v) is 2.47. The fraction of sp³-hybridized carbons (Fsp3) is 0. The molecule has 2 aromatic carbocycles. The van der Waals surface area contributed by atoms with Crippen molar-refractivity contribution in [2.45, 2.75) is 0 Å². The van der Waals surface area contributed by atoms with Gasteiger partial charge < -0.3 is 5.32 Å². The molecule has 0 aliphatic rings. The van der Waals surface area contributed by atoms with Crippen LogP contribution in [0.15, 0.2) is 41.4 Å². The highest BCUT2D eigenvalue weighted by Gasteiger charge is 1.97. The molecule has 1 N–H and O–H groups in total. The van der Waals surface area contributed by atoms with E-state index in [-0.39, 0.29) is 0 Å². The highest BCUT2D eigenvalue weighted by atomic mass is 35.5. The number of benzene rings is 2. The lowest BCUT2D eigenvalue weighted by atomic mass is 10.3. The molecule has 0 radical (unpaired) electrons. The Morgan fingerprint density at radius 1 is 0.737 bits per heavy atom. The monoisotopic (exact) mass is 332 g/mol. The molecule has 2 aromatic rings. The summed E-state index contributed by atoms with van der Waals surface area (Å²) in [5.41, 5.74) is 1.40. The van der Waals surface area contributed by atoms with Gasteiger partial charge in [-0.2, -0.15) is 0 Å². The summed E-state index contributed by atoms with van der Waals surface area (Å²) in [6.45, 7) is 0. The van der Waals surface area contributed by atoms with Crippen LogP contribution in [0.3, 0.4) is 0 Å². The van der Waals surface area contributed by atoms with Gasteiger partial charge in [-0.05, 0) is 36.4 Å². The third-order valence-electron chi connectivity index (χ3n) is 2.15. The predicted octanol–water partition coefficient (Wildman–Crippen LogP) is 6.07. The summed E-state index contributed by atoms with van der Waals surface area (Å²) in [4.78, 5) is 4.19. The van der Waals surface area contributed by atoms with Gasteiger partial charge in [-0.1, -0.05) is 46.4 Å². The van der Waals surface area contributed by atoms with Crippen molar-refractivity contribution in [3.63, 3.8) is 0 Å². The highest BCUT2D eigenvalue weighted by Crippen LogP contribution is 2.25. The molecule has 0 spiro atoms. The van der Waals surface area contributed by atoms with Crippen LogP contribution in [0.1, 0.15) is 0 Å². The Kier molecular flexibility index (Phi) is 4.94. The summed E-state index contributed by atoms with van der Waals surface area (Å²) in [7, 11) is 0. The zero-order chi connectivity index (χ0) is 13.8. The van der Waals surface area contributed by atoms with E-state index in [1.165, 1.54) is 6.34 Å². The molecule has 2 rings (SSSR count). The molecule has 0 aliphatic carbocycles. The van der Waals surface area contributed by atoms with Gasteiger partial charge in [0.05, 0.1) is 12.0 Å². The summed E-state index contributed by atoms with van der Waals surface area (Å²) >= 11 is 23.5. The number of hydrogen-bond donors (Lipinski definition) is 1. The van der Waals surface area contributed by atoms with Crippen molar-refractivity contribution in [1.82, 2.24) is 0 Å². The minimum atomic E-state index is 0.533. The first kappa shape index (κ1) is 14.5. The Balaban J connectivity index is 2.11. The molecule has 0 amide bonds. The number of nitrogens with zero attached hydrogens (tertiary/aromatic N) is 1. The summed E-state index contributed by atoms with van der Waals surface area (Å²) < 4.78 is 0. The SMILES string of the molecule is Clc1cc(Cl)cc(/N=C/Nc2cc(Cl)cc(Cl)c2)c1. The Bertz CT molecular complexity index is 586. The molecule has 0 atom stereocenters. The van der Waals surface area contributed by atoms with Gasteiger partial charge in [0.15, 0.2) is 0 Å². The third kappa shape index (κ3) is 4.59. The quantitative estimate of drug-likeness (QED) is 0.534. The molecule has 6 heteroatoms. The summed E-state index contributed by atoms with van der Waals surface area (Å²) in [6.07, 6.45) is 1.52. The molecule has 0 saturated carbocycles. The van der Waals surface area contributed by atoms with E-state index in [2.05, 4.69) is 10.3 Å². The summed E-state index contributed by atoms with van der Waals surface area (Å²) in [5.74, 6) is 0. The molecule has 0 aliphatic heterocycles. The second-order valence-electron chi connectivity index (χ2n) is 3.69. The molecule has 98 valence electrons. The number of hydrogen-bond acceptors (Lipinski definition) is 1. The Labute approximate surface area is 131 Å². The van der Waals surface area contributed by atoms with Crippen molar-refractivity contribution in [2.24, 2.45) is 4.99 Å². The van der Waals surface area contributed by atoms with Crippen LogP contribution in [0.5, 0.6) is 0 Å². The van der Waals surface area contributed by atoms with Gasteiger partial charge in [-0.3, -0.25) is 0 Å². The molecule has 0 heterocycles. The number of nitrogens with one attached hydrogen (secondary N) is 1. The average Bonchev–Trinajstić information content (AvgIpc) is 2.26. The normalized spacial score (nSPS) is 10.9. The van der Waals surface area contributed by atoms with Crippen molar-refractivity contribution in [3.05, 3.63) is 56.5 Å². The lowest BCUT2D eigenvalue weighted by Gasteiger charge is -2.02. The van der Waals surface area contributed by atoms with Crippen LogP contribution in [-0.2, 0) is 0 Å². The molecule has 0 unspecified atom stereocenters. The van der Waals surface area contributed by atoms with Gasteiger partial charge in [0, 0.05) is 25.8 Å². The van der Waals surface area contributed by atoms with E-state index in [0.717, 1.165) is 5.69 Å². The van der Waals surface area contributed by atoms with E-state index >= 15 is 0 Å². The van der Waals surface area contributed by atoms with Crippen LogP contribution in [0.2, 0.25) is 20.1 Å². The molecule has 0 aromatic heterocycles. The van der Waals surface area contributed by atoms with Crippen molar-refractivity contribution >= 4 is 64.1 Å². The molecule has 0 fully saturated rings. The number of aliphatic imine (C=N–C) groups is 1. The van der Waals surface area contributed by atoms with Crippen LogP contribution >= 0.6 is 46.4 Å². The molecule has 0 saturated heterocycles. The number of anilines is 1. The van der Waals surface area contributed by atoms with E-state index in [9.17, 15) is 0 Å². The van der Waals surface area contributed by atoms with E-state index < -0.39 is 0 Å². The minimum Gasteiger partial charge on any atom is -0.346 e. The van der Waals surface area contributed by atoms with Crippen LogP contribution in [0.25, 0.3) is 0 Å². The van der Waals surface area contributed by atoms with Crippen molar-refractivity contribution in [3.8, 4) is 0 Å². The number of halogens is 4. The van der Waals surface area contributed by atoms with Crippen LogP contribution in [0, 0.1) is 0 Å². The lowest BCUT2D eigenvalue weighted by molar-refractivity contribution is 1.52.